The van der Waals surface area contributed by atoms with Gasteiger partial charge in [-0.3, -0.25) is 14.1 Å². The van der Waals surface area contributed by atoms with Crippen LogP contribution in [0.2, 0.25) is 0 Å². The summed E-state index contributed by atoms with van der Waals surface area (Å²) in [6.45, 7) is -0.395. The van der Waals surface area contributed by atoms with Crippen LogP contribution in [0, 0.1) is 5.41 Å². The topological polar surface area (TPSA) is 21.3 Å². The second-order valence-electron chi connectivity index (χ2n) is 6.68. The van der Waals surface area contributed by atoms with Gasteiger partial charge in [0.1, 0.15) is 5.72 Å². The lowest BCUT2D eigenvalue weighted by Crippen LogP contribution is -2.72. The maximum Gasteiger partial charge on any atom is 0.121 e. The molecule has 0 atom stereocenters. The molecule has 0 amide bonds. The molecule has 3 fully saturated rings. The van der Waals surface area contributed by atoms with E-state index < -0.39 is 24.5 Å². The van der Waals surface area contributed by atoms with E-state index >= 15 is 0 Å². The Labute approximate surface area is 107 Å². The molecular weight excluding hydrogens is 236 g/mol. The van der Waals surface area contributed by atoms with Crippen LogP contribution < -0.4 is 5.32 Å². The molecule has 2 nitrogen and oxygen atoms in total. The molecule has 0 bridgehead atoms. The molecule has 4 heteroatoms. The largest absolute Gasteiger partial charge is 0.361 e. The molecule has 3 rings (SSSR count). The zero-order chi connectivity index (χ0) is 12.7. The van der Waals surface area contributed by atoms with Crippen LogP contribution in [0.3, 0.4) is 0 Å². The van der Waals surface area contributed by atoms with Gasteiger partial charge < -0.3 is 4.74 Å². The van der Waals surface area contributed by atoms with E-state index in [1.54, 1.807) is 0 Å². The molecule has 2 aliphatic carbocycles. The number of halogens is 2. The number of hydrogen-bond acceptors (Lipinski definition) is 2. The van der Waals surface area contributed by atoms with E-state index in [9.17, 15) is 8.78 Å². The van der Waals surface area contributed by atoms with Gasteiger partial charge in [0, 0.05) is 23.8 Å². The van der Waals surface area contributed by atoms with Gasteiger partial charge in [0.05, 0.1) is 20.0 Å². The first kappa shape index (κ1) is 12.8. The molecule has 0 aromatic carbocycles. The van der Waals surface area contributed by atoms with Gasteiger partial charge in [-0.25, -0.2) is 0 Å². The van der Waals surface area contributed by atoms with Crippen molar-refractivity contribution in [3.63, 3.8) is 0 Å². The predicted molar refractivity (Wildman–Crippen MR) is 65.9 cm³/mol. The lowest BCUT2D eigenvalue weighted by molar-refractivity contribution is -0.236. The van der Waals surface area contributed by atoms with Gasteiger partial charge in [-0.2, -0.15) is 0 Å². The van der Waals surface area contributed by atoms with Crippen LogP contribution in [0.4, 0.5) is 8.78 Å². The summed E-state index contributed by atoms with van der Waals surface area (Å²) in [5.41, 5.74) is -0.997. The molecule has 1 saturated heterocycles. The summed E-state index contributed by atoms with van der Waals surface area (Å²) in [6.07, 6.45) is 8.26. The van der Waals surface area contributed by atoms with Crippen LogP contribution in [-0.4, -0.2) is 31.2 Å². The van der Waals surface area contributed by atoms with E-state index in [1.807, 2.05) is 0 Å². The Morgan fingerprint density at radius 2 is 1.61 bits per heavy atom. The lowest BCUT2D eigenvalue weighted by Gasteiger charge is -2.60. The Morgan fingerprint density at radius 1 is 0.944 bits per heavy atom. The fourth-order valence-corrected chi connectivity index (χ4v) is 4.20. The minimum absolute atomic E-state index is 0.190. The molecule has 0 radical (unpaired) electrons. The first-order valence-electron chi connectivity index (χ1n) is 7.21. The fourth-order valence-electron chi connectivity index (χ4n) is 4.20. The number of alkyl halides is 2. The second kappa shape index (κ2) is 4.41. The quantitative estimate of drug-likeness (QED) is 0.822. The van der Waals surface area contributed by atoms with Crippen molar-refractivity contribution in [2.45, 2.75) is 62.6 Å². The van der Waals surface area contributed by atoms with Gasteiger partial charge in [-0.1, -0.05) is 19.3 Å². The van der Waals surface area contributed by atoms with Gasteiger partial charge in [0.25, 0.3) is 0 Å². The van der Waals surface area contributed by atoms with E-state index in [-0.39, 0.29) is 5.54 Å². The fraction of sp³-hybridized carbons (Fsp3) is 1.00. The molecule has 18 heavy (non-hydrogen) atoms. The zero-order valence-electron chi connectivity index (χ0n) is 10.9. The average Bonchev–Trinajstić information content (AvgIpc) is 2.36. The van der Waals surface area contributed by atoms with E-state index in [1.165, 1.54) is 32.1 Å². The Bertz CT molecular complexity index is 297. The van der Waals surface area contributed by atoms with E-state index in [2.05, 4.69) is 5.32 Å². The van der Waals surface area contributed by atoms with Crippen molar-refractivity contribution >= 4 is 0 Å². The zero-order valence-corrected chi connectivity index (χ0v) is 10.9. The standard InChI is InChI=1S/C14H23F2NO/c15-10-12(11-16)8-14(9-12)17-13(6-7-18-14)4-2-1-3-5-13/h17H,1-11H2. The minimum atomic E-state index is -0.764. The Hall–Kier alpha value is -0.220. The monoisotopic (exact) mass is 259 g/mol. The predicted octanol–water partition coefficient (Wildman–Crippen LogP) is 3.11. The third-order valence-corrected chi connectivity index (χ3v) is 5.15. The van der Waals surface area contributed by atoms with Gasteiger partial charge in [-0.05, 0) is 19.3 Å². The van der Waals surface area contributed by atoms with Gasteiger partial charge >= 0.3 is 0 Å². The highest BCUT2D eigenvalue weighted by molar-refractivity contribution is 5.09. The van der Waals surface area contributed by atoms with Crippen LogP contribution in [0.1, 0.15) is 51.4 Å². The summed E-state index contributed by atoms with van der Waals surface area (Å²) in [5.74, 6) is 0. The molecule has 3 aliphatic rings. The van der Waals surface area contributed by atoms with E-state index in [0.29, 0.717) is 12.8 Å². The molecule has 0 aromatic heterocycles. The minimum Gasteiger partial charge on any atom is -0.361 e. The van der Waals surface area contributed by atoms with Crippen molar-refractivity contribution < 1.29 is 13.5 Å². The maximum atomic E-state index is 12.9. The normalized spacial score (nSPS) is 32.3. The average molecular weight is 259 g/mol. The molecule has 104 valence electrons. The lowest BCUT2D eigenvalue weighted by atomic mass is 9.62. The third kappa shape index (κ3) is 1.97. The molecule has 1 N–H and O–H groups in total. The van der Waals surface area contributed by atoms with Crippen LogP contribution in [0.25, 0.3) is 0 Å². The third-order valence-electron chi connectivity index (χ3n) is 5.15. The number of rotatable bonds is 2. The number of ether oxygens (including phenoxy) is 1. The SMILES string of the molecule is FCC1(CF)CC2(C1)NC1(CCCCC1)CCO2. The Kier molecular flexibility index (Phi) is 3.14. The van der Waals surface area contributed by atoms with Gasteiger partial charge in [-0.15, -0.1) is 0 Å². The smallest absolute Gasteiger partial charge is 0.121 e. The number of hydrogen-bond donors (Lipinski definition) is 1. The summed E-state index contributed by atoms with van der Waals surface area (Å²) in [6, 6.07) is 0. The Balaban J connectivity index is 1.68. The summed E-state index contributed by atoms with van der Waals surface area (Å²) >= 11 is 0. The van der Waals surface area contributed by atoms with E-state index in [4.69, 9.17) is 4.74 Å². The van der Waals surface area contributed by atoms with Crippen molar-refractivity contribution in [2.24, 2.45) is 5.41 Å². The van der Waals surface area contributed by atoms with Gasteiger partial charge in [0.2, 0.25) is 0 Å². The molecule has 0 unspecified atom stereocenters. The van der Waals surface area contributed by atoms with Gasteiger partial charge in [0.15, 0.2) is 0 Å². The second-order valence-corrected chi connectivity index (χ2v) is 6.68. The summed E-state index contributed by atoms with van der Waals surface area (Å²) in [4.78, 5) is 0. The molecule has 2 saturated carbocycles. The maximum absolute atomic E-state index is 12.9. The van der Waals surface area contributed by atoms with E-state index in [0.717, 1.165) is 13.0 Å². The van der Waals surface area contributed by atoms with Crippen LogP contribution in [0.5, 0.6) is 0 Å². The molecule has 2 spiro atoms. The Morgan fingerprint density at radius 3 is 2.22 bits per heavy atom. The van der Waals surface area contributed by atoms with Crippen molar-refractivity contribution in [1.82, 2.24) is 5.32 Å². The molecule has 1 aliphatic heterocycles. The van der Waals surface area contributed by atoms with Crippen molar-refractivity contribution in [1.29, 1.82) is 0 Å². The number of nitrogens with one attached hydrogen (secondary N) is 1. The highest BCUT2D eigenvalue weighted by atomic mass is 19.1. The highest BCUT2D eigenvalue weighted by Gasteiger charge is 2.59. The summed E-state index contributed by atoms with van der Waals surface area (Å²) in [7, 11) is 0. The van der Waals surface area contributed by atoms with Crippen LogP contribution in [0.15, 0.2) is 0 Å². The van der Waals surface area contributed by atoms with Crippen molar-refractivity contribution in [3.05, 3.63) is 0 Å². The van der Waals surface area contributed by atoms with Crippen molar-refractivity contribution in [2.75, 3.05) is 20.0 Å². The van der Waals surface area contributed by atoms with Crippen LogP contribution in [-0.2, 0) is 4.74 Å². The molecule has 0 aromatic rings. The summed E-state index contributed by atoms with van der Waals surface area (Å²) in [5, 5.41) is 3.65. The first-order valence-corrected chi connectivity index (χ1v) is 7.21. The molecular formula is C14H23F2NO. The van der Waals surface area contributed by atoms with Crippen LogP contribution >= 0.6 is 0 Å². The summed E-state index contributed by atoms with van der Waals surface area (Å²) < 4.78 is 31.7. The van der Waals surface area contributed by atoms with Crippen molar-refractivity contribution in [3.8, 4) is 0 Å². The molecule has 1 heterocycles. The highest BCUT2D eigenvalue weighted by Crippen LogP contribution is 2.53. The first-order chi connectivity index (χ1) is 8.66.